The van der Waals surface area contributed by atoms with Crippen molar-refractivity contribution in [2.45, 2.75) is 18.9 Å². The number of nitrogens with two attached hydrogens (primary N) is 1. The van der Waals surface area contributed by atoms with Gasteiger partial charge in [-0.3, -0.25) is 0 Å². The van der Waals surface area contributed by atoms with E-state index in [1.807, 2.05) is 6.07 Å². The first-order valence-corrected chi connectivity index (χ1v) is 5.35. The van der Waals surface area contributed by atoms with E-state index in [2.05, 4.69) is 15.9 Å². The number of ether oxygens (including phenoxy) is 1. The van der Waals surface area contributed by atoms with Gasteiger partial charge in [0.2, 0.25) is 0 Å². The van der Waals surface area contributed by atoms with Crippen LogP contribution in [0.4, 0.5) is 4.39 Å². The highest BCUT2D eigenvalue weighted by molar-refractivity contribution is 9.10. The fourth-order valence-corrected chi connectivity index (χ4v) is 2.09. The predicted molar refractivity (Wildman–Crippen MR) is 55.8 cm³/mol. The van der Waals surface area contributed by atoms with Crippen molar-refractivity contribution in [2.24, 2.45) is 5.73 Å². The van der Waals surface area contributed by atoms with Crippen LogP contribution in [0.5, 0.6) is 5.75 Å². The molecule has 2 nitrogen and oxygen atoms in total. The van der Waals surface area contributed by atoms with Crippen LogP contribution in [0.1, 0.15) is 24.4 Å². The van der Waals surface area contributed by atoms with E-state index >= 15 is 0 Å². The van der Waals surface area contributed by atoms with E-state index in [1.54, 1.807) is 0 Å². The van der Waals surface area contributed by atoms with E-state index in [9.17, 15) is 4.39 Å². The first-order valence-electron chi connectivity index (χ1n) is 4.56. The van der Waals surface area contributed by atoms with Crippen LogP contribution in [0.15, 0.2) is 16.6 Å². The maximum atomic E-state index is 13.5. The number of hydrogen-bond donors (Lipinski definition) is 1. The lowest BCUT2D eigenvalue weighted by Crippen LogP contribution is -2.09. The maximum Gasteiger partial charge on any atom is 0.166 e. The van der Waals surface area contributed by atoms with Gasteiger partial charge in [0.1, 0.15) is 0 Å². The monoisotopic (exact) mass is 259 g/mol. The van der Waals surface area contributed by atoms with Gasteiger partial charge in [0.15, 0.2) is 11.6 Å². The minimum Gasteiger partial charge on any atom is -0.490 e. The largest absolute Gasteiger partial charge is 0.490 e. The molecule has 0 spiro atoms. The summed E-state index contributed by atoms with van der Waals surface area (Å²) < 4.78 is 19.5. The Morgan fingerprint density at radius 2 is 2.29 bits per heavy atom. The number of halogens is 2. The van der Waals surface area contributed by atoms with Crippen molar-refractivity contribution >= 4 is 15.9 Å². The highest BCUT2D eigenvalue weighted by Gasteiger charge is 2.20. The van der Waals surface area contributed by atoms with Gasteiger partial charge < -0.3 is 10.5 Å². The summed E-state index contributed by atoms with van der Waals surface area (Å²) in [7, 11) is 0. The maximum absolute atomic E-state index is 13.5. The number of rotatable bonds is 0. The van der Waals surface area contributed by atoms with E-state index in [0.717, 1.165) is 18.4 Å². The lowest BCUT2D eigenvalue weighted by Gasteiger charge is -2.12. The standard InChI is InChI=1S/C10H11BrFNO/c11-6-4-7-9(13)2-1-3-14-10(7)8(12)5-6/h4-5,9H,1-3,13H2. The van der Waals surface area contributed by atoms with Gasteiger partial charge in [0.25, 0.3) is 0 Å². The Hall–Kier alpha value is -0.610. The molecule has 1 aromatic carbocycles. The van der Waals surface area contributed by atoms with Crippen molar-refractivity contribution in [3.8, 4) is 5.75 Å². The Kier molecular flexibility index (Phi) is 2.74. The normalized spacial score (nSPS) is 20.9. The average Bonchev–Trinajstić information content (AvgIpc) is 2.29. The Morgan fingerprint density at radius 1 is 1.50 bits per heavy atom. The summed E-state index contributed by atoms with van der Waals surface area (Å²) >= 11 is 3.24. The SMILES string of the molecule is NC1CCCOc2c(F)cc(Br)cc21. The second-order valence-corrected chi connectivity index (χ2v) is 4.32. The van der Waals surface area contributed by atoms with Gasteiger partial charge in [-0.05, 0) is 25.0 Å². The van der Waals surface area contributed by atoms with Crippen molar-refractivity contribution < 1.29 is 9.13 Å². The molecule has 1 aromatic rings. The lowest BCUT2D eigenvalue weighted by molar-refractivity contribution is 0.301. The first-order chi connectivity index (χ1) is 6.68. The number of fused-ring (bicyclic) bond motifs is 1. The molecule has 1 heterocycles. The van der Waals surface area contributed by atoms with Crippen molar-refractivity contribution in [1.82, 2.24) is 0 Å². The van der Waals surface area contributed by atoms with Gasteiger partial charge in [0.05, 0.1) is 6.61 Å². The molecular weight excluding hydrogens is 249 g/mol. The zero-order valence-corrected chi connectivity index (χ0v) is 9.18. The van der Waals surface area contributed by atoms with Crippen LogP contribution in [0.2, 0.25) is 0 Å². The molecule has 0 radical (unpaired) electrons. The third-order valence-electron chi connectivity index (χ3n) is 2.34. The van der Waals surface area contributed by atoms with Crippen molar-refractivity contribution in [1.29, 1.82) is 0 Å². The zero-order valence-electron chi connectivity index (χ0n) is 7.59. The molecule has 2 rings (SSSR count). The summed E-state index contributed by atoms with van der Waals surface area (Å²) in [6, 6.07) is 3.10. The lowest BCUT2D eigenvalue weighted by atomic mass is 10.0. The molecule has 0 fully saturated rings. The van der Waals surface area contributed by atoms with Gasteiger partial charge >= 0.3 is 0 Å². The molecule has 2 N–H and O–H groups in total. The molecule has 1 unspecified atom stereocenters. The third-order valence-corrected chi connectivity index (χ3v) is 2.80. The Labute approximate surface area is 90.4 Å². The van der Waals surface area contributed by atoms with Gasteiger partial charge in [-0.25, -0.2) is 4.39 Å². The summed E-state index contributed by atoms with van der Waals surface area (Å²) in [6.45, 7) is 0.541. The quantitative estimate of drug-likeness (QED) is 0.778. The van der Waals surface area contributed by atoms with Crippen LogP contribution in [0, 0.1) is 5.82 Å². The molecule has 0 saturated heterocycles. The van der Waals surface area contributed by atoms with E-state index in [4.69, 9.17) is 10.5 Å². The molecule has 4 heteroatoms. The van der Waals surface area contributed by atoms with E-state index < -0.39 is 0 Å². The molecular formula is C10H11BrFNO. The number of benzene rings is 1. The summed E-state index contributed by atoms with van der Waals surface area (Å²) in [5.74, 6) is -0.0232. The summed E-state index contributed by atoms with van der Waals surface area (Å²) in [6.07, 6.45) is 1.70. The van der Waals surface area contributed by atoms with Gasteiger partial charge in [-0.15, -0.1) is 0 Å². The van der Waals surface area contributed by atoms with Gasteiger partial charge in [-0.2, -0.15) is 0 Å². The molecule has 0 aliphatic carbocycles. The van der Waals surface area contributed by atoms with Crippen LogP contribution in [0.25, 0.3) is 0 Å². The highest BCUT2D eigenvalue weighted by Crippen LogP contribution is 2.34. The fourth-order valence-electron chi connectivity index (χ4n) is 1.64. The van der Waals surface area contributed by atoms with Crippen LogP contribution in [-0.2, 0) is 0 Å². The second-order valence-electron chi connectivity index (χ2n) is 3.40. The molecule has 1 aliphatic rings. The van der Waals surface area contributed by atoms with Crippen LogP contribution < -0.4 is 10.5 Å². The van der Waals surface area contributed by atoms with E-state index in [-0.39, 0.29) is 11.9 Å². The zero-order chi connectivity index (χ0) is 10.1. The first kappa shape index (κ1) is 9.93. The molecule has 1 atom stereocenters. The highest BCUT2D eigenvalue weighted by atomic mass is 79.9. The Bertz CT molecular complexity index is 356. The topological polar surface area (TPSA) is 35.2 Å². The number of hydrogen-bond acceptors (Lipinski definition) is 2. The molecule has 0 bridgehead atoms. The van der Waals surface area contributed by atoms with E-state index in [0.29, 0.717) is 16.8 Å². The fraction of sp³-hybridized carbons (Fsp3) is 0.400. The molecule has 14 heavy (non-hydrogen) atoms. The summed E-state index contributed by atoms with van der Waals surface area (Å²) in [5, 5.41) is 0. The molecule has 0 amide bonds. The minimum absolute atomic E-state index is 0.125. The molecule has 0 saturated carbocycles. The predicted octanol–water partition coefficient (Wildman–Crippen LogP) is 2.76. The summed E-state index contributed by atoms with van der Waals surface area (Å²) in [4.78, 5) is 0. The van der Waals surface area contributed by atoms with Crippen LogP contribution in [-0.4, -0.2) is 6.61 Å². The second kappa shape index (κ2) is 3.87. The third kappa shape index (κ3) is 1.77. The Balaban J connectivity index is 2.53. The van der Waals surface area contributed by atoms with Crippen molar-refractivity contribution in [2.75, 3.05) is 6.61 Å². The van der Waals surface area contributed by atoms with E-state index in [1.165, 1.54) is 6.07 Å². The van der Waals surface area contributed by atoms with Gasteiger partial charge in [-0.1, -0.05) is 15.9 Å². The molecule has 0 aromatic heterocycles. The van der Waals surface area contributed by atoms with Crippen LogP contribution in [0.3, 0.4) is 0 Å². The molecule has 76 valence electrons. The average molecular weight is 260 g/mol. The van der Waals surface area contributed by atoms with Crippen LogP contribution >= 0.6 is 15.9 Å². The smallest absolute Gasteiger partial charge is 0.166 e. The Morgan fingerprint density at radius 3 is 3.07 bits per heavy atom. The summed E-state index contributed by atoms with van der Waals surface area (Å²) in [5.41, 5.74) is 6.68. The minimum atomic E-state index is -0.341. The molecule has 1 aliphatic heterocycles. The van der Waals surface area contributed by atoms with Gasteiger partial charge in [0, 0.05) is 16.1 Å². The van der Waals surface area contributed by atoms with Crippen molar-refractivity contribution in [3.05, 3.63) is 28.0 Å². The van der Waals surface area contributed by atoms with Crippen molar-refractivity contribution in [3.63, 3.8) is 0 Å².